The number of anilines is 1. The van der Waals surface area contributed by atoms with Gasteiger partial charge in [0.25, 0.3) is 0 Å². The summed E-state index contributed by atoms with van der Waals surface area (Å²) >= 11 is 1.63. The number of carbonyl (C=O) groups is 1. The first-order chi connectivity index (χ1) is 13.3. The second-order valence-corrected chi connectivity index (χ2v) is 7.51. The highest BCUT2D eigenvalue weighted by molar-refractivity contribution is 7.99. The predicted molar refractivity (Wildman–Crippen MR) is 116 cm³/mol. The molecule has 0 bridgehead atoms. The normalized spacial score (nSPS) is 11.1. The van der Waals surface area contributed by atoms with Crippen molar-refractivity contribution in [1.29, 1.82) is 0 Å². The van der Waals surface area contributed by atoms with Gasteiger partial charge in [0.1, 0.15) is 0 Å². The lowest BCUT2D eigenvalue weighted by Crippen LogP contribution is -2.14. The number of benzene rings is 3. The molecule has 0 spiro atoms. The molecule has 0 fully saturated rings. The number of nitrogens with one attached hydrogen (secondary N) is 1. The molecule has 0 saturated carbocycles. The smallest absolute Gasteiger partial charge is 0.234 e. The van der Waals surface area contributed by atoms with Crippen molar-refractivity contribution in [3.05, 3.63) is 78.4 Å². The Morgan fingerprint density at radius 1 is 0.926 bits per heavy atom. The number of nitrogens with zero attached hydrogens (tertiary/aromatic N) is 1. The van der Waals surface area contributed by atoms with Crippen molar-refractivity contribution in [1.82, 2.24) is 4.57 Å². The van der Waals surface area contributed by atoms with Crippen LogP contribution >= 0.6 is 11.8 Å². The van der Waals surface area contributed by atoms with Crippen molar-refractivity contribution in [2.75, 3.05) is 11.1 Å². The highest BCUT2D eigenvalue weighted by Gasteiger charge is 2.10. The van der Waals surface area contributed by atoms with E-state index in [1.165, 1.54) is 27.4 Å². The van der Waals surface area contributed by atoms with E-state index < -0.39 is 0 Å². The first-order valence-electron chi connectivity index (χ1n) is 9.19. The van der Waals surface area contributed by atoms with Gasteiger partial charge in [-0.1, -0.05) is 48.5 Å². The molecule has 0 atom stereocenters. The van der Waals surface area contributed by atoms with E-state index in [1.807, 2.05) is 24.3 Å². The van der Waals surface area contributed by atoms with Crippen LogP contribution in [0.25, 0.3) is 21.8 Å². The third-order valence-electron chi connectivity index (χ3n) is 4.72. The number of thioether (sulfide) groups is 1. The van der Waals surface area contributed by atoms with Crippen molar-refractivity contribution in [3.63, 3.8) is 0 Å². The van der Waals surface area contributed by atoms with Crippen molar-refractivity contribution in [2.24, 2.45) is 0 Å². The third-order valence-corrected chi connectivity index (χ3v) is 5.72. The summed E-state index contributed by atoms with van der Waals surface area (Å²) in [7, 11) is 0. The number of amides is 1. The lowest BCUT2D eigenvalue weighted by atomic mass is 10.1. The minimum absolute atomic E-state index is 0.0366. The van der Waals surface area contributed by atoms with Crippen LogP contribution in [0.3, 0.4) is 0 Å². The average Bonchev–Trinajstić information content (AvgIpc) is 3.02. The van der Waals surface area contributed by atoms with Crippen molar-refractivity contribution < 1.29 is 4.79 Å². The molecule has 1 N–H and O–H groups in total. The van der Waals surface area contributed by atoms with Crippen molar-refractivity contribution in [3.8, 4) is 0 Å². The van der Waals surface area contributed by atoms with E-state index >= 15 is 0 Å². The van der Waals surface area contributed by atoms with E-state index in [4.69, 9.17) is 0 Å². The van der Waals surface area contributed by atoms with Gasteiger partial charge in [-0.2, -0.15) is 0 Å². The molecule has 4 aromatic rings. The van der Waals surface area contributed by atoms with E-state index in [1.54, 1.807) is 11.8 Å². The van der Waals surface area contributed by atoms with Gasteiger partial charge in [0.2, 0.25) is 5.91 Å². The van der Waals surface area contributed by atoms with E-state index in [2.05, 4.69) is 65.3 Å². The molecule has 136 valence electrons. The largest absolute Gasteiger partial charge is 0.341 e. The van der Waals surface area contributed by atoms with Crippen LogP contribution in [0.15, 0.2) is 72.8 Å². The highest BCUT2D eigenvalue weighted by atomic mass is 32.2. The molecule has 0 aliphatic heterocycles. The molecule has 0 saturated heterocycles. The van der Waals surface area contributed by atoms with Crippen LogP contribution in [0.5, 0.6) is 0 Å². The molecule has 4 heteroatoms. The fraction of sp³-hybridized carbons (Fsp3) is 0.174. The predicted octanol–water partition coefficient (Wildman–Crippen LogP) is 5.69. The topological polar surface area (TPSA) is 34.0 Å². The zero-order valence-corrected chi connectivity index (χ0v) is 16.1. The molecule has 1 aromatic heterocycles. The van der Waals surface area contributed by atoms with Crippen LogP contribution in [0.1, 0.15) is 12.5 Å². The van der Waals surface area contributed by atoms with E-state index in [0.717, 1.165) is 18.0 Å². The lowest BCUT2D eigenvalue weighted by Gasteiger charge is -2.07. The highest BCUT2D eigenvalue weighted by Crippen LogP contribution is 2.31. The second kappa shape index (κ2) is 7.89. The molecule has 3 aromatic carbocycles. The van der Waals surface area contributed by atoms with Gasteiger partial charge in [-0.05, 0) is 36.8 Å². The Labute approximate surface area is 163 Å². The quantitative estimate of drug-likeness (QED) is 0.471. The molecule has 1 heterocycles. The molecular formula is C23H22N2OS. The summed E-state index contributed by atoms with van der Waals surface area (Å²) in [5, 5.41) is 5.45. The molecule has 3 nitrogen and oxygen atoms in total. The van der Waals surface area contributed by atoms with Gasteiger partial charge in [0.15, 0.2) is 0 Å². The van der Waals surface area contributed by atoms with Gasteiger partial charge in [0, 0.05) is 39.8 Å². The van der Waals surface area contributed by atoms with Crippen LogP contribution in [-0.2, 0) is 17.1 Å². The summed E-state index contributed by atoms with van der Waals surface area (Å²) in [6.07, 6.45) is 0. The Morgan fingerprint density at radius 2 is 1.67 bits per heavy atom. The number of fused-ring (bicyclic) bond motifs is 3. The number of para-hydroxylation sites is 1. The van der Waals surface area contributed by atoms with Crippen LogP contribution in [0.2, 0.25) is 0 Å². The molecule has 0 unspecified atom stereocenters. The minimum Gasteiger partial charge on any atom is -0.341 e. The number of hydrogen-bond donors (Lipinski definition) is 1. The Balaban J connectivity index is 1.49. The van der Waals surface area contributed by atoms with Gasteiger partial charge in [-0.25, -0.2) is 0 Å². The minimum atomic E-state index is 0.0366. The maximum Gasteiger partial charge on any atom is 0.234 e. The number of aromatic nitrogens is 1. The number of carbonyl (C=O) groups excluding carboxylic acids is 1. The number of rotatable bonds is 6. The number of aryl methyl sites for hydroxylation is 1. The summed E-state index contributed by atoms with van der Waals surface area (Å²) in [6, 6.07) is 24.8. The monoisotopic (exact) mass is 374 g/mol. The summed E-state index contributed by atoms with van der Waals surface area (Å²) in [5.41, 5.74) is 4.53. The first-order valence-corrected chi connectivity index (χ1v) is 10.3. The second-order valence-electron chi connectivity index (χ2n) is 6.52. The Kier molecular flexibility index (Phi) is 5.16. The van der Waals surface area contributed by atoms with Crippen LogP contribution in [-0.4, -0.2) is 16.2 Å². The van der Waals surface area contributed by atoms with E-state index in [-0.39, 0.29) is 5.91 Å². The summed E-state index contributed by atoms with van der Waals surface area (Å²) in [5.74, 6) is 1.33. The van der Waals surface area contributed by atoms with Crippen LogP contribution in [0, 0.1) is 0 Å². The maximum atomic E-state index is 12.3. The fourth-order valence-corrected chi connectivity index (χ4v) is 4.29. The fourth-order valence-electron chi connectivity index (χ4n) is 3.51. The van der Waals surface area contributed by atoms with E-state index in [9.17, 15) is 4.79 Å². The molecule has 27 heavy (non-hydrogen) atoms. The van der Waals surface area contributed by atoms with Crippen molar-refractivity contribution in [2.45, 2.75) is 19.2 Å². The molecule has 0 aliphatic carbocycles. The summed E-state index contributed by atoms with van der Waals surface area (Å²) in [4.78, 5) is 12.3. The van der Waals surface area contributed by atoms with Gasteiger partial charge in [0.05, 0.1) is 5.75 Å². The van der Waals surface area contributed by atoms with E-state index in [0.29, 0.717) is 5.75 Å². The maximum absolute atomic E-state index is 12.3. The Morgan fingerprint density at radius 3 is 2.48 bits per heavy atom. The zero-order valence-electron chi connectivity index (χ0n) is 15.3. The lowest BCUT2D eigenvalue weighted by molar-refractivity contribution is -0.113. The molecule has 4 rings (SSSR count). The average molecular weight is 375 g/mol. The molecule has 1 amide bonds. The zero-order chi connectivity index (χ0) is 18.6. The first kappa shape index (κ1) is 17.7. The molecular weight excluding hydrogens is 352 g/mol. The van der Waals surface area contributed by atoms with Crippen molar-refractivity contribution >= 4 is 45.2 Å². The number of hydrogen-bond acceptors (Lipinski definition) is 2. The van der Waals surface area contributed by atoms with Gasteiger partial charge >= 0.3 is 0 Å². The summed E-state index contributed by atoms with van der Waals surface area (Å²) < 4.78 is 2.31. The van der Waals surface area contributed by atoms with Crippen LogP contribution < -0.4 is 5.32 Å². The third kappa shape index (κ3) is 3.71. The van der Waals surface area contributed by atoms with Gasteiger partial charge in [-0.3, -0.25) is 4.79 Å². The molecule has 0 radical (unpaired) electrons. The SMILES string of the molecule is CCn1c2ccccc2c2cc(NC(=O)CSCc3ccccc3)ccc21. The molecule has 0 aliphatic rings. The van der Waals surface area contributed by atoms with Crippen LogP contribution in [0.4, 0.5) is 5.69 Å². The summed E-state index contributed by atoms with van der Waals surface area (Å²) in [6.45, 7) is 3.08. The standard InChI is InChI=1S/C23H22N2OS/c1-2-25-21-11-7-6-10-19(21)20-14-18(12-13-22(20)25)24-23(26)16-27-15-17-8-4-3-5-9-17/h3-14H,2,15-16H2,1H3,(H,24,26). The Bertz CT molecular complexity index is 1090. The van der Waals surface area contributed by atoms with Gasteiger partial charge < -0.3 is 9.88 Å². The Hall–Kier alpha value is -2.72. The van der Waals surface area contributed by atoms with Gasteiger partial charge in [-0.15, -0.1) is 11.8 Å².